The van der Waals surface area contributed by atoms with E-state index < -0.39 is 0 Å². The van der Waals surface area contributed by atoms with E-state index in [1.165, 1.54) is 0 Å². The molecule has 1 fully saturated rings. The minimum absolute atomic E-state index is 0.135. The highest BCUT2D eigenvalue weighted by molar-refractivity contribution is 6.31. The molecule has 1 aromatic carbocycles. The molecular formula is C12H14Cl2O2. The van der Waals surface area contributed by atoms with Gasteiger partial charge in [-0.3, -0.25) is 0 Å². The van der Waals surface area contributed by atoms with E-state index in [1.54, 1.807) is 7.11 Å². The average Bonchev–Trinajstić information content (AvgIpc) is 2.22. The molecule has 2 rings (SSSR count). The maximum atomic E-state index is 6.15. The first-order valence-electron chi connectivity index (χ1n) is 5.11. The molecule has 1 aromatic rings. The lowest BCUT2D eigenvalue weighted by molar-refractivity contribution is -0.0489. The van der Waals surface area contributed by atoms with Gasteiger partial charge >= 0.3 is 0 Å². The van der Waals surface area contributed by atoms with Gasteiger partial charge in [0, 0.05) is 16.5 Å². The van der Waals surface area contributed by atoms with E-state index in [9.17, 15) is 0 Å². The van der Waals surface area contributed by atoms with Gasteiger partial charge in [-0.25, -0.2) is 0 Å². The Morgan fingerprint density at radius 2 is 2.12 bits per heavy atom. The van der Waals surface area contributed by atoms with Crippen LogP contribution in [0.15, 0.2) is 12.1 Å². The first-order valence-corrected chi connectivity index (χ1v) is 6.02. The lowest BCUT2D eigenvalue weighted by Gasteiger charge is -2.41. The van der Waals surface area contributed by atoms with Gasteiger partial charge in [-0.1, -0.05) is 11.6 Å². The lowest BCUT2D eigenvalue weighted by Crippen LogP contribution is -2.48. The molecule has 1 aliphatic rings. The van der Waals surface area contributed by atoms with Gasteiger partial charge in [0.25, 0.3) is 0 Å². The molecule has 1 aliphatic heterocycles. The van der Waals surface area contributed by atoms with Crippen LogP contribution in [0.1, 0.15) is 11.1 Å². The normalized spacial score (nSPS) is 18.0. The number of methoxy groups -OCH3 is 1. The third-order valence-corrected chi connectivity index (χ3v) is 3.98. The predicted molar refractivity (Wildman–Crippen MR) is 66.0 cm³/mol. The number of aryl methyl sites for hydroxylation is 1. The van der Waals surface area contributed by atoms with E-state index in [0.717, 1.165) is 21.9 Å². The zero-order chi connectivity index (χ0) is 11.8. The number of hydrogen-bond acceptors (Lipinski definition) is 2. The van der Waals surface area contributed by atoms with E-state index in [0.29, 0.717) is 19.1 Å². The van der Waals surface area contributed by atoms with E-state index in [2.05, 4.69) is 0 Å². The van der Waals surface area contributed by atoms with Gasteiger partial charge in [0.2, 0.25) is 0 Å². The van der Waals surface area contributed by atoms with Crippen molar-refractivity contribution >= 4 is 23.2 Å². The molecule has 0 spiro atoms. The summed E-state index contributed by atoms with van der Waals surface area (Å²) in [7, 11) is 1.66. The standard InChI is InChI=1S/C12H14Cl2O2/c1-8-3-11(15-2)9(4-10(8)14)12(5-13)6-16-7-12/h3-4H,5-7H2,1-2H3. The Hall–Kier alpha value is -0.440. The fraction of sp³-hybridized carbons (Fsp3) is 0.500. The zero-order valence-electron chi connectivity index (χ0n) is 9.35. The van der Waals surface area contributed by atoms with Crippen LogP contribution in [0, 0.1) is 6.92 Å². The zero-order valence-corrected chi connectivity index (χ0v) is 10.9. The van der Waals surface area contributed by atoms with Gasteiger partial charge in [0.15, 0.2) is 0 Å². The van der Waals surface area contributed by atoms with Gasteiger partial charge in [-0.2, -0.15) is 0 Å². The van der Waals surface area contributed by atoms with Gasteiger partial charge in [-0.15, -0.1) is 11.6 Å². The maximum absolute atomic E-state index is 6.15. The third-order valence-electron chi connectivity index (χ3n) is 3.06. The van der Waals surface area contributed by atoms with Crippen molar-refractivity contribution < 1.29 is 9.47 Å². The van der Waals surface area contributed by atoms with Crippen molar-refractivity contribution in [2.24, 2.45) is 0 Å². The summed E-state index contributed by atoms with van der Waals surface area (Å²) >= 11 is 12.2. The smallest absolute Gasteiger partial charge is 0.123 e. The Kier molecular flexibility index (Phi) is 3.34. The molecule has 4 heteroatoms. The molecule has 0 saturated carbocycles. The third kappa shape index (κ3) is 1.79. The molecule has 16 heavy (non-hydrogen) atoms. The van der Waals surface area contributed by atoms with Crippen molar-refractivity contribution in [1.82, 2.24) is 0 Å². The average molecular weight is 261 g/mol. The predicted octanol–water partition coefficient (Wildman–Crippen LogP) is 3.16. The van der Waals surface area contributed by atoms with Crippen molar-refractivity contribution in [1.29, 1.82) is 0 Å². The van der Waals surface area contributed by atoms with Gasteiger partial charge in [0.05, 0.1) is 25.7 Å². The van der Waals surface area contributed by atoms with Crippen LogP contribution in [-0.4, -0.2) is 26.2 Å². The highest BCUT2D eigenvalue weighted by Crippen LogP contribution is 2.41. The summed E-state index contributed by atoms with van der Waals surface area (Å²) < 4.78 is 10.7. The fourth-order valence-corrected chi connectivity index (χ4v) is 2.35. The van der Waals surface area contributed by atoms with Crippen LogP contribution >= 0.6 is 23.2 Å². The molecule has 0 unspecified atom stereocenters. The SMILES string of the molecule is COc1cc(C)c(Cl)cc1C1(CCl)COC1. The Bertz CT molecular complexity index is 395. The van der Waals surface area contributed by atoms with Crippen LogP contribution in [-0.2, 0) is 10.2 Å². The number of rotatable bonds is 3. The van der Waals surface area contributed by atoms with Gasteiger partial charge < -0.3 is 9.47 Å². The fourth-order valence-electron chi connectivity index (χ4n) is 1.89. The van der Waals surface area contributed by atoms with Crippen molar-refractivity contribution in [2.75, 3.05) is 26.2 Å². The topological polar surface area (TPSA) is 18.5 Å². The molecule has 0 bridgehead atoms. The first kappa shape index (κ1) is 12.0. The summed E-state index contributed by atoms with van der Waals surface area (Å²) in [6, 6.07) is 3.89. The van der Waals surface area contributed by atoms with Crippen molar-refractivity contribution in [3.8, 4) is 5.75 Å². The molecule has 88 valence electrons. The lowest BCUT2D eigenvalue weighted by atomic mass is 9.79. The molecule has 1 saturated heterocycles. The number of benzene rings is 1. The molecule has 0 amide bonds. The largest absolute Gasteiger partial charge is 0.496 e. The maximum Gasteiger partial charge on any atom is 0.123 e. The summed E-state index contributed by atoms with van der Waals surface area (Å²) in [5.74, 6) is 1.36. The summed E-state index contributed by atoms with van der Waals surface area (Å²) in [4.78, 5) is 0. The summed E-state index contributed by atoms with van der Waals surface area (Å²) in [6.45, 7) is 3.22. The van der Waals surface area contributed by atoms with E-state index >= 15 is 0 Å². The summed E-state index contributed by atoms with van der Waals surface area (Å²) in [5, 5.41) is 0.743. The van der Waals surface area contributed by atoms with Crippen LogP contribution in [0.3, 0.4) is 0 Å². The molecule has 0 radical (unpaired) electrons. The number of hydrogen-bond donors (Lipinski definition) is 0. The molecule has 0 atom stereocenters. The van der Waals surface area contributed by atoms with Crippen molar-refractivity contribution in [2.45, 2.75) is 12.3 Å². The second-order valence-corrected chi connectivity index (χ2v) is 4.88. The Labute approximate surface area is 105 Å². The Morgan fingerprint density at radius 1 is 1.44 bits per heavy atom. The molecule has 1 heterocycles. The molecule has 0 aliphatic carbocycles. The van der Waals surface area contributed by atoms with Crippen LogP contribution < -0.4 is 4.74 Å². The van der Waals surface area contributed by atoms with Gasteiger partial charge in [0.1, 0.15) is 5.75 Å². The van der Waals surface area contributed by atoms with E-state index in [-0.39, 0.29) is 5.41 Å². The van der Waals surface area contributed by atoms with Gasteiger partial charge in [-0.05, 0) is 24.6 Å². The Morgan fingerprint density at radius 3 is 2.56 bits per heavy atom. The minimum atomic E-state index is -0.135. The highest BCUT2D eigenvalue weighted by atomic mass is 35.5. The van der Waals surface area contributed by atoms with Crippen LogP contribution in [0.2, 0.25) is 5.02 Å². The molecule has 0 aromatic heterocycles. The van der Waals surface area contributed by atoms with Crippen LogP contribution in [0.4, 0.5) is 0 Å². The number of alkyl halides is 1. The summed E-state index contributed by atoms with van der Waals surface area (Å²) in [5.41, 5.74) is 1.92. The highest BCUT2D eigenvalue weighted by Gasteiger charge is 2.42. The Balaban J connectivity index is 2.50. The van der Waals surface area contributed by atoms with Crippen molar-refractivity contribution in [3.05, 3.63) is 28.3 Å². The molecule has 0 N–H and O–H groups in total. The van der Waals surface area contributed by atoms with E-state index in [1.807, 2.05) is 19.1 Å². The molecular weight excluding hydrogens is 247 g/mol. The van der Waals surface area contributed by atoms with Crippen LogP contribution in [0.5, 0.6) is 5.75 Å². The number of halogens is 2. The van der Waals surface area contributed by atoms with E-state index in [4.69, 9.17) is 32.7 Å². The molecule has 2 nitrogen and oxygen atoms in total. The quantitative estimate of drug-likeness (QED) is 0.778. The van der Waals surface area contributed by atoms with Crippen LogP contribution in [0.25, 0.3) is 0 Å². The second kappa shape index (κ2) is 4.44. The monoisotopic (exact) mass is 260 g/mol. The minimum Gasteiger partial charge on any atom is -0.496 e. The number of ether oxygens (including phenoxy) is 2. The first-order chi connectivity index (χ1) is 7.63. The second-order valence-electron chi connectivity index (χ2n) is 4.21. The summed E-state index contributed by atoms with van der Waals surface area (Å²) in [6.07, 6.45) is 0. The van der Waals surface area contributed by atoms with Crippen molar-refractivity contribution in [3.63, 3.8) is 0 Å².